The first-order valence-corrected chi connectivity index (χ1v) is 8.99. The Kier molecular flexibility index (Phi) is 4.20. The van der Waals surface area contributed by atoms with Crippen molar-refractivity contribution in [3.8, 4) is 0 Å². The molecule has 6 heteroatoms. The van der Waals surface area contributed by atoms with Crippen molar-refractivity contribution in [2.45, 2.75) is 56.4 Å². The van der Waals surface area contributed by atoms with Gasteiger partial charge in [0.25, 0.3) is 0 Å². The normalized spacial score (nSPS) is 36.6. The van der Waals surface area contributed by atoms with Gasteiger partial charge in [0.05, 0.1) is 0 Å². The Morgan fingerprint density at radius 2 is 1.79 bits per heavy atom. The van der Waals surface area contributed by atoms with Gasteiger partial charge in [-0.2, -0.15) is 0 Å². The average Bonchev–Trinajstić information content (AvgIpc) is 2.28. The van der Waals surface area contributed by atoms with Crippen molar-refractivity contribution in [1.82, 2.24) is 5.32 Å². The van der Waals surface area contributed by atoms with Gasteiger partial charge in [-0.25, -0.2) is 8.42 Å². The number of carbonyl (C=O) groups excluding carboxylic acids is 1. The Balaban J connectivity index is 2.04. The van der Waals surface area contributed by atoms with E-state index in [-0.39, 0.29) is 18.0 Å². The van der Waals surface area contributed by atoms with E-state index in [1.54, 1.807) is 0 Å². The van der Waals surface area contributed by atoms with Crippen LogP contribution in [0.1, 0.15) is 39.0 Å². The summed E-state index contributed by atoms with van der Waals surface area (Å²) in [4.78, 5) is 12.0. The molecule has 0 spiro atoms. The highest BCUT2D eigenvalue weighted by molar-refractivity contribution is 7.92. The van der Waals surface area contributed by atoms with E-state index < -0.39 is 15.1 Å². The fraction of sp³-hybridized carbons (Fsp3) is 0.923. The Labute approximate surface area is 115 Å². The Morgan fingerprint density at radius 1 is 1.26 bits per heavy atom. The molecule has 0 saturated heterocycles. The van der Waals surface area contributed by atoms with E-state index in [4.69, 9.17) is 5.73 Å². The van der Waals surface area contributed by atoms with Gasteiger partial charge in [-0.05, 0) is 44.4 Å². The van der Waals surface area contributed by atoms with Crippen molar-refractivity contribution in [2.75, 3.05) is 6.26 Å². The molecule has 110 valence electrons. The summed E-state index contributed by atoms with van der Waals surface area (Å²) in [5.74, 6) is 0.469. The third kappa shape index (κ3) is 3.28. The number of carbonyl (C=O) groups is 1. The standard InChI is InChI=1S/C13H24N2O3S/c1-8(19(2,17)18)13(16)15-12-9-4-3-5-10(12)7-11(14)6-9/h8-12H,3-7,14H2,1-2H3,(H,15,16). The van der Waals surface area contributed by atoms with E-state index in [1.807, 2.05) is 0 Å². The first-order chi connectivity index (χ1) is 8.79. The van der Waals surface area contributed by atoms with E-state index in [1.165, 1.54) is 13.3 Å². The van der Waals surface area contributed by atoms with E-state index in [9.17, 15) is 13.2 Å². The lowest BCUT2D eigenvalue weighted by Gasteiger charge is -2.45. The van der Waals surface area contributed by atoms with E-state index in [0.29, 0.717) is 11.8 Å². The minimum Gasteiger partial charge on any atom is -0.352 e. The summed E-state index contributed by atoms with van der Waals surface area (Å²) in [6, 6.07) is 0.348. The molecule has 0 aromatic carbocycles. The van der Waals surface area contributed by atoms with Crippen LogP contribution in [0.4, 0.5) is 0 Å². The van der Waals surface area contributed by atoms with Crippen LogP contribution >= 0.6 is 0 Å². The van der Waals surface area contributed by atoms with Crippen LogP contribution < -0.4 is 11.1 Å². The molecular weight excluding hydrogens is 264 g/mol. The number of nitrogens with two attached hydrogens (primary N) is 1. The van der Waals surface area contributed by atoms with Crippen LogP contribution in [0.25, 0.3) is 0 Å². The van der Waals surface area contributed by atoms with Crippen molar-refractivity contribution in [2.24, 2.45) is 17.6 Å². The number of nitrogens with one attached hydrogen (secondary N) is 1. The number of sulfone groups is 1. The molecule has 0 aromatic rings. The maximum Gasteiger partial charge on any atom is 0.238 e. The summed E-state index contributed by atoms with van der Waals surface area (Å²) < 4.78 is 22.9. The van der Waals surface area contributed by atoms with Crippen LogP contribution in [0.3, 0.4) is 0 Å². The van der Waals surface area contributed by atoms with Crippen molar-refractivity contribution in [1.29, 1.82) is 0 Å². The molecule has 2 aliphatic carbocycles. The zero-order valence-corrected chi connectivity index (χ0v) is 12.4. The third-order valence-electron chi connectivity index (χ3n) is 4.70. The van der Waals surface area contributed by atoms with Crippen LogP contribution in [-0.2, 0) is 14.6 Å². The number of hydrogen-bond donors (Lipinski definition) is 2. The molecule has 0 heterocycles. The molecule has 2 fully saturated rings. The average molecular weight is 288 g/mol. The second kappa shape index (κ2) is 5.40. The van der Waals surface area contributed by atoms with Gasteiger partial charge >= 0.3 is 0 Å². The maximum absolute atomic E-state index is 12.0. The van der Waals surface area contributed by atoms with Gasteiger partial charge in [0.15, 0.2) is 9.84 Å². The van der Waals surface area contributed by atoms with Crippen LogP contribution in [0.5, 0.6) is 0 Å². The first kappa shape index (κ1) is 14.8. The number of hydrogen-bond acceptors (Lipinski definition) is 4. The van der Waals surface area contributed by atoms with Crippen molar-refractivity contribution in [3.63, 3.8) is 0 Å². The lowest BCUT2D eigenvalue weighted by atomic mass is 9.67. The second-order valence-electron chi connectivity index (χ2n) is 6.19. The Bertz CT molecular complexity index is 435. The predicted molar refractivity (Wildman–Crippen MR) is 74.3 cm³/mol. The number of rotatable bonds is 3. The Morgan fingerprint density at radius 3 is 2.26 bits per heavy atom. The smallest absolute Gasteiger partial charge is 0.238 e. The fourth-order valence-corrected chi connectivity index (χ4v) is 3.96. The highest BCUT2D eigenvalue weighted by atomic mass is 32.2. The van der Waals surface area contributed by atoms with Gasteiger partial charge in [-0.1, -0.05) is 6.42 Å². The fourth-order valence-electron chi connectivity index (χ4n) is 3.50. The molecular formula is C13H24N2O3S. The molecule has 0 aromatic heterocycles. The van der Waals surface area contributed by atoms with Crippen LogP contribution in [0.2, 0.25) is 0 Å². The van der Waals surface area contributed by atoms with Crippen LogP contribution in [0.15, 0.2) is 0 Å². The summed E-state index contributed by atoms with van der Waals surface area (Å²) in [5, 5.41) is 2.01. The van der Waals surface area contributed by atoms with E-state index in [2.05, 4.69) is 5.32 Å². The second-order valence-corrected chi connectivity index (χ2v) is 8.55. The van der Waals surface area contributed by atoms with Crippen molar-refractivity contribution < 1.29 is 13.2 Å². The van der Waals surface area contributed by atoms with Gasteiger partial charge in [0.2, 0.25) is 5.91 Å². The monoisotopic (exact) mass is 288 g/mol. The molecule has 5 nitrogen and oxygen atoms in total. The zero-order valence-electron chi connectivity index (χ0n) is 11.6. The van der Waals surface area contributed by atoms with Gasteiger partial charge in [-0.3, -0.25) is 4.79 Å². The molecule has 0 aliphatic heterocycles. The van der Waals surface area contributed by atoms with E-state index >= 15 is 0 Å². The summed E-state index contributed by atoms with van der Waals surface area (Å²) >= 11 is 0. The predicted octanol–water partition coefficient (Wildman–Crippen LogP) is 0.442. The summed E-state index contributed by atoms with van der Waals surface area (Å²) in [6.07, 6.45) is 6.35. The Hall–Kier alpha value is -0.620. The lowest BCUT2D eigenvalue weighted by Crippen LogP contribution is -2.55. The molecule has 3 N–H and O–H groups in total. The van der Waals surface area contributed by atoms with Crippen LogP contribution in [0, 0.1) is 11.8 Å². The first-order valence-electron chi connectivity index (χ1n) is 7.04. The van der Waals surface area contributed by atoms with Gasteiger partial charge in [0, 0.05) is 18.3 Å². The number of amides is 1. The molecule has 0 radical (unpaired) electrons. The van der Waals surface area contributed by atoms with Gasteiger partial charge in [0.1, 0.15) is 5.25 Å². The SMILES string of the molecule is CC(C(=O)NC1C2CCCC1CC(N)C2)S(C)(=O)=O. The molecule has 2 aliphatic rings. The van der Waals surface area contributed by atoms with Crippen LogP contribution in [-0.4, -0.2) is 37.9 Å². The molecule has 3 unspecified atom stereocenters. The summed E-state index contributed by atoms with van der Waals surface area (Å²) in [6.45, 7) is 1.45. The molecule has 19 heavy (non-hydrogen) atoms. The van der Waals surface area contributed by atoms with Gasteiger partial charge < -0.3 is 11.1 Å². The molecule has 3 atom stereocenters. The van der Waals surface area contributed by atoms with Crippen molar-refractivity contribution >= 4 is 15.7 Å². The third-order valence-corrected chi connectivity index (χ3v) is 6.20. The molecule has 2 rings (SSSR count). The largest absolute Gasteiger partial charge is 0.352 e. The van der Waals surface area contributed by atoms with E-state index in [0.717, 1.165) is 31.9 Å². The zero-order chi connectivity index (χ0) is 14.2. The topological polar surface area (TPSA) is 89.3 Å². The van der Waals surface area contributed by atoms with Gasteiger partial charge in [-0.15, -0.1) is 0 Å². The minimum atomic E-state index is -3.32. The quantitative estimate of drug-likeness (QED) is 0.788. The summed E-state index contributed by atoms with van der Waals surface area (Å²) in [5.41, 5.74) is 6.04. The minimum absolute atomic E-state index is 0.116. The maximum atomic E-state index is 12.0. The molecule has 2 saturated carbocycles. The highest BCUT2D eigenvalue weighted by Crippen LogP contribution is 2.39. The van der Waals surface area contributed by atoms with Crippen molar-refractivity contribution in [3.05, 3.63) is 0 Å². The summed E-state index contributed by atoms with van der Waals surface area (Å²) in [7, 11) is -3.32. The molecule has 1 amide bonds. The molecule has 2 bridgehead atoms. The number of fused-ring (bicyclic) bond motifs is 2. The highest BCUT2D eigenvalue weighted by Gasteiger charge is 2.40. The lowest BCUT2D eigenvalue weighted by molar-refractivity contribution is -0.122.